The van der Waals surface area contributed by atoms with Gasteiger partial charge >= 0.3 is 12.2 Å². The van der Waals surface area contributed by atoms with Crippen LogP contribution in [0, 0.1) is 5.92 Å². The number of benzene rings is 3. The summed E-state index contributed by atoms with van der Waals surface area (Å²) in [6.45, 7) is 5.06. The number of hydrogen-bond acceptors (Lipinski definition) is 5. The fourth-order valence-electron chi connectivity index (χ4n) is 4.85. The standard InChI is InChI=1S/C31H35F3N4O4/c1-20-16-38(21(2)19-39)29(40)25-10-7-11-26(36-30(41)35-24-14-12-23(13-15-24)31(32,33)34)28(25)42-27(20)18-37(3)17-22-8-5-4-6-9-22/h4-15,20-21,27,39H,16-19H2,1-3H3,(H2,35,36,41)/t20-,21+,27-/m1/s1. The number of hydrogen-bond donors (Lipinski definition) is 3. The molecule has 0 saturated carbocycles. The highest BCUT2D eigenvalue weighted by atomic mass is 19.4. The third kappa shape index (κ3) is 7.59. The molecule has 1 aliphatic heterocycles. The Labute approximate surface area is 243 Å². The van der Waals surface area contributed by atoms with E-state index in [-0.39, 0.29) is 47.2 Å². The number of ether oxygens (including phenoxy) is 1. The van der Waals surface area contributed by atoms with Gasteiger partial charge in [-0.2, -0.15) is 13.2 Å². The van der Waals surface area contributed by atoms with E-state index in [1.54, 1.807) is 30.0 Å². The zero-order chi connectivity index (χ0) is 30.4. The minimum absolute atomic E-state index is 0.136. The number of aliphatic hydroxyl groups excluding tert-OH is 1. The van der Waals surface area contributed by atoms with E-state index in [2.05, 4.69) is 15.5 Å². The number of likely N-dealkylation sites (N-methyl/N-ethyl adjacent to an activating group) is 1. The number of urea groups is 1. The van der Waals surface area contributed by atoms with Crippen molar-refractivity contribution in [2.45, 2.75) is 38.7 Å². The maximum Gasteiger partial charge on any atom is 0.416 e. The average Bonchev–Trinajstić information content (AvgIpc) is 2.95. The smallest absolute Gasteiger partial charge is 0.416 e. The lowest BCUT2D eigenvalue weighted by Crippen LogP contribution is -2.49. The van der Waals surface area contributed by atoms with Gasteiger partial charge < -0.3 is 25.4 Å². The Kier molecular flexibility index (Phi) is 9.74. The molecule has 3 atom stereocenters. The summed E-state index contributed by atoms with van der Waals surface area (Å²) in [5.74, 6) is -0.297. The number of para-hydroxylation sites is 1. The van der Waals surface area contributed by atoms with Crippen LogP contribution in [-0.4, -0.2) is 65.7 Å². The maximum atomic E-state index is 13.7. The van der Waals surface area contributed by atoms with Crippen LogP contribution in [0.2, 0.25) is 0 Å². The normalized spacial score (nSPS) is 18.0. The fraction of sp³-hybridized carbons (Fsp3) is 0.355. The van der Waals surface area contributed by atoms with Gasteiger partial charge in [-0.15, -0.1) is 0 Å². The first-order valence-electron chi connectivity index (χ1n) is 13.7. The van der Waals surface area contributed by atoms with Crippen LogP contribution >= 0.6 is 0 Å². The number of alkyl halides is 3. The van der Waals surface area contributed by atoms with E-state index in [0.717, 1.165) is 29.8 Å². The summed E-state index contributed by atoms with van der Waals surface area (Å²) in [5.41, 5.74) is 0.918. The predicted octanol–water partition coefficient (Wildman–Crippen LogP) is 5.70. The van der Waals surface area contributed by atoms with Gasteiger partial charge in [0.05, 0.1) is 29.5 Å². The van der Waals surface area contributed by atoms with Crippen molar-refractivity contribution in [1.82, 2.24) is 9.80 Å². The zero-order valence-electron chi connectivity index (χ0n) is 23.7. The Morgan fingerprint density at radius 3 is 2.40 bits per heavy atom. The average molecular weight is 585 g/mol. The zero-order valence-corrected chi connectivity index (χ0v) is 23.7. The lowest BCUT2D eigenvalue weighted by molar-refractivity contribution is -0.137. The van der Waals surface area contributed by atoms with Crippen molar-refractivity contribution in [2.24, 2.45) is 5.92 Å². The SMILES string of the molecule is C[C@@H]1CN([C@@H](C)CO)C(=O)c2cccc(NC(=O)Nc3ccc(C(F)(F)F)cc3)c2O[C@@H]1CN(C)Cc1ccccc1. The second kappa shape index (κ2) is 13.3. The van der Waals surface area contributed by atoms with Gasteiger partial charge in [-0.05, 0) is 55.9 Å². The molecule has 0 fully saturated rings. The Hall–Kier alpha value is -4.09. The van der Waals surface area contributed by atoms with E-state index >= 15 is 0 Å². The van der Waals surface area contributed by atoms with Crippen molar-refractivity contribution >= 4 is 23.3 Å². The lowest BCUT2D eigenvalue weighted by atomic mass is 9.99. The monoisotopic (exact) mass is 584 g/mol. The number of carbonyl (C=O) groups is 2. The maximum absolute atomic E-state index is 13.7. The highest BCUT2D eigenvalue weighted by Gasteiger charge is 2.35. The van der Waals surface area contributed by atoms with Gasteiger partial charge in [0.1, 0.15) is 6.10 Å². The number of fused-ring (bicyclic) bond motifs is 1. The van der Waals surface area contributed by atoms with Crippen molar-refractivity contribution in [1.29, 1.82) is 0 Å². The molecule has 8 nitrogen and oxygen atoms in total. The van der Waals surface area contributed by atoms with Crippen molar-refractivity contribution < 1.29 is 32.6 Å². The molecule has 3 amide bonds. The van der Waals surface area contributed by atoms with Crippen LogP contribution in [0.25, 0.3) is 0 Å². The largest absolute Gasteiger partial charge is 0.486 e. The van der Waals surface area contributed by atoms with Crippen molar-refractivity contribution in [3.63, 3.8) is 0 Å². The number of rotatable bonds is 8. The molecule has 11 heteroatoms. The second-order valence-electron chi connectivity index (χ2n) is 10.6. The molecule has 3 aromatic rings. The fourth-order valence-corrected chi connectivity index (χ4v) is 4.85. The van der Waals surface area contributed by atoms with Gasteiger partial charge in [0, 0.05) is 31.2 Å². The highest BCUT2D eigenvalue weighted by Crippen LogP contribution is 2.35. The van der Waals surface area contributed by atoms with E-state index < -0.39 is 23.8 Å². The molecule has 224 valence electrons. The molecular formula is C31H35F3N4O4. The van der Waals surface area contributed by atoms with E-state index in [1.165, 1.54) is 0 Å². The number of nitrogens with one attached hydrogen (secondary N) is 2. The van der Waals surface area contributed by atoms with Crippen LogP contribution in [0.15, 0.2) is 72.8 Å². The molecule has 0 bridgehead atoms. The quantitative estimate of drug-likeness (QED) is 0.316. The van der Waals surface area contributed by atoms with E-state index in [4.69, 9.17) is 4.74 Å². The molecule has 4 rings (SSSR count). The van der Waals surface area contributed by atoms with E-state index in [0.29, 0.717) is 19.6 Å². The molecule has 1 heterocycles. The molecule has 0 radical (unpaired) electrons. The van der Waals surface area contributed by atoms with Crippen LogP contribution in [0.3, 0.4) is 0 Å². The van der Waals surface area contributed by atoms with Gasteiger partial charge in [0.15, 0.2) is 5.75 Å². The number of halogens is 3. The summed E-state index contributed by atoms with van der Waals surface area (Å²) in [6, 6.07) is 17.7. The predicted molar refractivity (Wildman–Crippen MR) is 154 cm³/mol. The van der Waals surface area contributed by atoms with Crippen LogP contribution in [0.5, 0.6) is 5.75 Å². The van der Waals surface area contributed by atoms with Gasteiger partial charge in [0.25, 0.3) is 5.91 Å². The van der Waals surface area contributed by atoms with Crippen molar-refractivity contribution in [3.8, 4) is 5.75 Å². The number of aliphatic hydroxyl groups is 1. The Bertz CT molecular complexity index is 1370. The molecule has 3 N–H and O–H groups in total. The molecule has 0 saturated heterocycles. The molecule has 0 aliphatic carbocycles. The van der Waals surface area contributed by atoms with Gasteiger partial charge in [-0.25, -0.2) is 4.79 Å². The number of nitrogens with zero attached hydrogens (tertiary/aromatic N) is 2. The summed E-state index contributed by atoms with van der Waals surface area (Å²) in [4.78, 5) is 30.3. The highest BCUT2D eigenvalue weighted by molar-refractivity contribution is 6.04. The van der Waals surface area contributed by atoms with Crippen LogP contribution in [0.1, 0.15) is 35.3 Å². The number of amides is 3. The van der Waals surface area contributed by atoms with Crippen LogP contribution in [-0.2, 0) is 12.7 Å². The van der Waals surface area contributed by atoms with Crippen LogP contribution in [0.4, 0.5) is 29.3 Å². The molecular weight excluding hydrogens is 549 g/mol. The molecule has 0 spiro atoms. The Balaban J connectivity index is 1.60. The van der Waals surface area contributed by atoms with E-state index in [9.17, 15) is 27.9 Å². The molecule has 3 aromatic carbocycles. The van der Waals surface area contributed by atoms with Crippen molar-refractivity contribution in [2.75, 3.05) is 37.4 Å². The Morgan fingerprint density at radius 1 is 1.07 bits per heavy atom. The van der Waals surface area contributed by atoms with Gasteiger partial charge in [-0.1, -0.05) is 43.3 Å². The summed E-state index contributed by atoms with van der Waals surface area (Å²) >= 11 is 0. The summed E-state index contributed by atoms with van der Waals surface area (Å²) in [6.07, 6.45) is -4.88. The summed E-state index contributed by atoms with van der Waals surface area (Å²) in [7, 11) is 1.98. The summed E-state index contributed by atoms with van der Waals surface area (Å²) < 4.78 is 45.2. The van der Waals surface area contributed by atoms with Gasteiger partial charge in [-0.3, -0.25) is 9.69 Å². The first-order chi connectivity index (χ1) is 20.0. The Morgan fingerprint density at radius 2 is 1.76 bits per heavy atom. The first kappa shape index (κ1) is 30.9. The molecule has 42 heavy (non-hydrogen) atoms. The topological polar surface area (TPSA) is 94.1 Å². The molecule has 1 aliphatic rings. The lowest BCUT2D eigenvalue weighted by Gasteiger charge is -2.38. The minimum Gasteiger partial charge on any atom is -0.486 e. The van der Waals surface area contributed by atoms with E-state index in [1.807, 2.05) is 44.3 Å². The second-order valence-corrected chi connectivity index (χ2v) is 10.6. The number of carbonyl (C=O) groups excluding carboxylic acids is 2. The first-order valence-corrected chi connectivity index (χ1v) is 13.7. The molecule has 0 aromatic heterocycles. The molecule has 0 unspecified atom stereocenters. The third-order valence-electron chi connectivity index (χ3n) is 7.20. The number of anilines is 2. The van der Waals surface area contributed by atoms with Crippen molar-refractivity contribution in [3.05, 3.63) is 89.5 Å². The van der Waals surface area contributed by atoms with Gasteiger partial charge in [0.2, 0.25) is 0 Å². The third-order valence-corrected chi connectivity index (χ3v) is 7.20. The minimum atomic E-state index is -4.49. The summed E-state index contributed by atoms with van der Waals surface area (Å²) in [5, 5.41) is 15.1. The van der Waals surface area contributed by atoms with Crippen LogP contribution < -0.4 is 15.4 Å².